The molecule has 1 fully saturated rings. The van der Waals surface area contributed by atoms with Crippen molar-refractivity contribution in [2.75, 3.05) is 39.3 Å². The smallest absolute Gasteiger partial charge is 0.318 e. The Labute approximate surface area is 215 Å². The van der Waals surface area contributed by atoms with Crippen molar-refractivity contribution in [3.63, 3.8) is 0 Å². The number of carbonyl (C=O) groups excluding carboxylic acids is 2. The Morgan fingerprint density at radius 1 is 1.11 bits per heavy atom. The number of nitrogens with zero attached hydrogens (tertiary/aromatic N) is 2. The van der Waals surface area contributed by atoms with Crippen LogP contribution in [0.25, 0.3) is 0 Å². The van der Waals surface area contributed by atoms with E-state index in [1.807, 2.05) is 29.0 Å². The monoisotopic (exact) mass is 514 g/mol. The molecular formula is C26H34N4O5S. The third-order valence-corrected chi connectivity index (χ3v) is 7.55. The van der Waals surface area contributed by atoms with Crippen molar-refractivity contribution in [3.05, 3.63) is 58.0 Å². The number of ether oxygens (including phenoxy) is 2. The van der Waals surface area contributed by atoms with Crippen LogP contribution in [-0.2, 0) is 17.9 Å². The van der Waals surface area contributed by atoms with E-state index in [0.717, 1.165) is 23.4 Å². The SMILES string of the molecule is COc1ccc(CNC(=O)C(CCSC)NC(=O)N2CC3CC(C2)c2cccc(=O)n2C3)cc1OC. The number of carbonyl (C=O) groups is 2. The standard InChI is InChI=1S/C26H34N4O5S/c1-34-22-8-7-17(12-23(22)35-2)13-27-25(32)20(9-10-36-3)28-26(33)29-14-18-11-19(16-29)21-5-4-6-24(31)30(21)15-18/h4-8,12,18-20H,9-11,13-16H2,1-3H3,(H,27,32)(H,28,33). The molecule has 194 valence electrons. The Balaban J connectivity index is 1.39. The third kappa shape index (κ3) is 5.80. The van der Waals surface area contributed by atoms with Crippen LogP contribution in [0.3, 0.4) is 0 Å². The second kappa shape index (κ2) is 11.7. The highest BCUT2D eigenvalue weighted by Gasteiger charge is 2.37. The van der Waals surface area contributed by atoms with Gasteiger partial charge >= 0.3 is 6.03 Å². The summed E-state index contributed by atoms with van der Waals surface area (Å²) in [6.45, 7) is 2.04. The number of piperidine rings is 1. The van der Waals surface area contributed by atoms with Crippen LogP contribution < -0.4 is 25.7 Å². The van der Waals surface area contributed by atoms with Crippen molar-refractivity contribution in [1.82, 2.24) is 20.1 Å². The van der Waals surface area contributed by atoms with Gasteiger partial charge < -0.3 is 29.6 Å². The molecule has 2 N–H and O–H groups in total. The predicted molar refractivity (Wildman–Crippen MR) is 140 cm³/mol. The minimum absolute atomic E-state index is 0.0170. The third-order valence-electron chi connectivity index (χ3n) is 6.91. The molecule has 0 spiro atoms. The van der Waals surface area contributed by atoms with Crippen LogP contribution in [0, 0.1) is 5.92 Å². The number of methoxy groups -OCH3 is 2. The minimum atomic E-state index is -0.637. The molecule has 9 nitrogen and oxygen atoms in total. The fourth-order valence-electron chi connectivity index (χ4n) is 5.11. The van der Waals surface area contributed by atoms with Crippen molar-refractivity contribution in [1.29, 1.82) is 0 Å². The van der Waals surface area contributed by atoms with E-state index in [1.165, 1.54) is 0 Å². The molecular weight excluding hydrogens is 480 g/mol. The van der Waals surface area contributed by atoms with Crippen LogP contribution in [0.15, 0.2) is 41.2 Å². The molecule has 4 rings (SSSR count). The number of benzene rings is 1. The van der Waals surface area contributed by atoms with Gasteiger partial charge in [-0.3, -0.25) is 9.59 Å². The van der Waals surface area contributed by atoms with E-state index < -0.39 is 6.04 Å². The molecule has 0 radical (unpaired) electrons. The number of likely N-dealkylation sites (tertiary alicyclic amines) is 1. The second-order valence-electron chi connectivity index (χ2n) is 9.29. The Morgan fingerprint density at radius 2 is 1.92 bits per heavy atom. The van der Waals surface area contributed by atoms with Gasteiger partial charge in [-0.25, -0.2) is 4.79 Å². The average molecular weight is 515 g/mol. The van der Waals surface area contributed by atoms with Gasteiger partial charge in [0.1, 0.15) is 6.04 Å². The molecule has 3 amide bonds. The fraction of sp³-hybridized carbons (Fsp3) is 0.500. The first kappa shape index (κ1) is 25.9. The first-order valence-corrected chi connectivity index (χ1v) is 13.6. The van der Waals surface area contributed by atoms with Gasteiger partial charge in [0.15, 0.2) is 11.5 Å². The topological polar surface area (TPSA) is 102 Å². The summed E-state index contributed by atoms with van der Waals surface area (Å²) in [6.07, 6.45) is 3.48. The molecule has 2 bridgehead atoms. The maximum Gasteiger partial charge on any atom is 0.318 e. The minimum Gasteiger partial charge on any atom is -0.493 e. The summed E-state index contributed by atoms with van der Waals surface area (Å²) in [5.41, 5.74) is 1.87. The Hall–Kier alpha value is -3.14. The van der Waals surface area contributed by atoms with E-state index in [4.69, 9.17) is 9.47 Å². The molecule has 1 aromatic carbocycles. The highest BCUT2D eigenvalue weighted by Crippen LogP contribution is 2.35. The Morgan fingerprint density at radius 3 is 2.67 bits per heavy atom. The number of amides is 3. The largest absolute Gasteiger partial charge is 0.493 e. The number of hydrogen-bond donors (Lipinski definition) is 2. The van der Waals surface area contributed by atoms with Crippen molar-refractivity contribution in [2.24, 2.45) is 5.92 Å². The molecule has 3 atom stereocenters. The lowest BCUT2D eigenvalue weighted by molar-refractivity contribution is -0.123. The summed E-state index contributed by atoms with van der Waals surface area (Å²) in [7, 11) is 3.15. The van der Waals surface area contributed by atoms with E-state index in [2.05, 4.69) is 10.6 Å². The lowest BCUT2D eigenvalue weighted by Gasteiger charge is -2.43. The van der Waals surface area contributed by atoms with Crippen molar-refractivity contribution >= 4 is 23.7 Å². The first-order chi connectivity index (χ1) is 17.4. The first-order valence-electron chi connectivity index (χ1n) is 12.2. The van der Waals surface area contributed by atoms with Gasteiger partial charge in [0.05, 0.1) is 14.2 Å². The van der Waals surface area contributed by atoms with Gasteiger partial charge in [-0.2, -0.15) is 11.8 Å². The maximum atomic E-state index is 13.2. The Kier molecular flexibility index (Phi) is 8.45. The molecule has 1 saturated heterocycles. The number of fused-ring (bicyclic) bond motifs is 4. The molecule has 10 heteroatoms. The number of nitrogens with one attached hydrogen (secondary N) is 2. The van der Waals surface area contributed by atoms with Crippen molar-refractivity contribution in [2.45, 2.75) is 37.9 Å². The van der Waals surface area contributed by atoms with Gasteiger partial charge in [-0.1, -0.05) is 12.1 Å². The van der Waals surface area contributed by atoms with Crippen molar-refractivity contribution < 1.29 is 19.1 Å². The summed E-state index contributed by atoms with van der Waals surface area (Å²) >= 11 is 1.63. The average Bonchev–Trinajstić information content (AvgIpc) is 2.89. The van der Waals surface area contributed by atoms with Gasteiger partial charge in [-0.15, -0.1) is 0 Å². The number of thioether (sulfide) groups is 1. The highest BCUT2D eigenvalue weighted by atomic mass is 32.2. The van der Waals surface area contributed by atoms with E-state index in [1.54, 1.807) is 49.1 Å². The van der Waals surface area contributed by atoms with Gasteiger partial charge in [0.2, 0.25) is 5.91 Å². The summed E-state index contributed by atoms with van der Waals surface area (Å²) in [5, 5.41) is 5.92. The summed E-state index contributed by atoms with van der Waals surface area (Å²) in [4.78, 5) is 40.4. The van der Waals surface area contributed by atoms with Crippen LogP contribution in [0.1, 0.15) is 30.0 Å². The van der Waals surface area contributed by atoms with Gasteiger partial charge in [-0.05, 0) is 54.5 Å². The molecule has 3 unspecified atom stereocenters. The van der Waals surface area contributed by atoms with E-state index in [-0.39, 0.29) is 29.3 Å². The second-order valence-corrected chi connectivity index (χ2v) is 10.3. The van der Waals surface area contributed by atoms with Gasteiger partial charge in [0, 0.05) is 43.9 Å². The molecule has 3 heterocycles. The zero-order valence-corrected chi connectivity index (χ0v) is 21.8. The number of urea groups is 1. The summed E-state index contributed by atoms with van der Waals surface area (Å²) in [6, 6.07) is 9.97. The number of rotatable bonds is 9. The predicted octanol–water partition coefficient (Wildman–Crippen LogP) is 2.43. The fourth-order valence-corrected chi connectivity index (χ4v) is 5.58. The van der Waals surface area contributed by atoms with Gasteiger partial charge in [0.25, 0.3) is 5.56 Å². The lowest BCUT2D eigenvalue weighted by Crippen LogP contribution is -2.56. The van der Waals surface area contributed by atoms with E-state index >= 15 is 0 Å². The lowest BCUT2D eigenvalue weighted by atomic mass is 9.83. The van der Waals surface area contributed by atoms with Crippen LogP contribution in [0.2, 0.25) is 0 Å². The van der Waals surface area contributed by atoms with E-state index in [9.17, 15) is 14.4 Å². The summed E-state index contributed by atoms with van der Waals surface area (Å²) in [5.74, 6) is 2.09. The summed E-state index contributed by atoms with van der Waals surface area (Å²) < 4.78 is 12.5. The zero-order chi connectivity index (χ0) is 25.7. The molecule has 2 aromatic rings. The number of aromatic nitrogens is 1. The maximum absolute atomic E-state index is 13.2. The highest BCUT2D eigenvalue weighted by molar-refractivity contribution is 7.98. The van der Waals surface area contributed by atoms with Crippen molar-refractivity contribution in [3.8, 4) is 11.5 Å². The van der Waals surface area contributed by atoms with Crippen LogP contribution in [0.4, 0.5) is 4.79 Å². The zero-order valence-electron chi connectivity index (χ0n) is 21.0. The van der Waals surface area contributed by atoms with Crippen LogP contribution in [0.5, 0.6) is 11.5 Å². The molecule has 2 aliphatic rings. The van der Waals surface area contributed by atoms with Crippen LogP contribution in [-0.4, -0.2) is 66.8 Å². The quantitative estimate of drug-likeness (QED) is 0.533. The van der Waals surface area contributed by atoms with E-state index in [0.29, 0.717) is 44.1 Å². The van der Waals surface area contributed by atoms with Crippen LogP contribution >= 0.6 is 11.8 Å². The molecule has 1 aromatic heterocycles. The Bertz CT molecular complexity index is 1150. The number of hydrogen-bond acceptors (Lipinski definition) is 6. The number of pyridine rings is 1. The molecule has 0 saturated carbocycles. The molecule has 0 aliphatic carbocycles. The normalized spacial score (nSPS) is 19.1. The molecule has 36 heavy (non-hydrogen) atoms. The molecule has 2 aliphatic heterocycles.